The van der Waals surface area contributed by atoms with Crippen LogP contribution in [0.4, 0.5) is 18.9 Å². The standard InChI is InChI=1S/C12H17F3N2O/c1-8(2)5-10(18)7-17-9-3-4-16-11(6-9)12(13,14)15/h3-4,6,8,10,18H,5,7H2,1-2H3,(H,16,17). The Hall–Kier alpha value is -1.30. The number of halogens is 3. The van der Waals surface area contributed by atoms with E-state index in [1.54, 1.807) is 0 Å². The molecule has 0 spiro atoms. The van der Waals surface area contributed by atoms with Crippen LogP contribution in [0.2, 0.25) is 0 Å². The molecule has 1 aromatic heterocycles. The summed E-state index contributed by atoms with van der Waals surface area (Å²) in [5.41, 5.74) is -0.633. The molecule has 0 radical (unpaired) electrons. The van der Waals surface area contributed by atoms with Crippen molar-refractivity contribution in [2.45, 2.75) is 32.5 Å². The maximum atomic E-state index is 12.4. The lowest BCUT2D eigenvalue weighted by molar-refractivity contribution is -0.141. The Labute approximate surface area is 104 Å². The van der Waals surface area contributed by atoms with E-state index in [1.165, 1.54) is 6.07 Å². The minimum Gasteiger partial charge on any atom is -0.391 e. The van der Waals surface area contributed by atoms with Gasteiger partial charge in [0, 0.05) is 18.4 Å². The number of hydrogen-bond donors (Lipinski definition) is 2. The van der Waals surface area contributed by atoms with Crippen molar-refractivity contribution in [3.8, 4) is 0 Å². The van der Waals surface area contributed by atoms with E-state index < -0.39 is 18.0 Å². The summed E-state index contributed by atoms with van der Waals surface area (Å²) in [7, 11) is 0. The molecule has 0 bridgehead atoms. The third-order valence-corrected chi connectivity index (χ3v) is 2.34. The Kier molecular flexibility index (Phi) is 4.95. The fourth-order valence-corrected chi connectivity index (χ4v) is 1.56. The summed E-state index contributed by atoms with van der Waals surface area (Å²) in [4.78, 5) is 3.26. The van der Waals surface area contributed by atoms with E-state index in [0.29, 0.717) is 18.0 Å². The van der Waals surface area contributed by atoms with E-state index in [2.05, 4.69) is 10.3 Å². The van der Waals surface area contributed by atoms with Crippen molar-refractivity contribution >= 4 is 5.69 Å². The predicted molar refractivity (Wildman–Crippen MR) is 63.2 cm³/mol. The number of hydrogen-bond acceptors (Lipinski definition) is 3. The van der Waals surface area contributed by atoms with Crippen LogP contribution in [0, 0.1) is 5.92 Å². The van der Waals surface area contributed by atoms with Crippen LogP contribution in [0.5, 0.6) is 0 Å². The molecule has 3 nitrogen and oxygen atoms in total. The molecule has 2 N–H and O–H groups in total. The van der Waals surface area contributed by atoms with Gasteiger partial charge in [-0.05, 0) is 24.5 Å². The van der Waals surface area contributed by atoms with E-state index in [-0.39, 0.29) is 6.54 Å². The highest BCUT2D eigenvalue weighted by atomic mass is 19.4. The molecule has 18 heavy (non-hydrogen) atoms. The molecule has 0 saturated carbocycles. The van der Waals surface area contributed by atoms with Crippen LogP contribution < -0.4 is 5.32 Å². The zero-order valence-electron chi connectivity index (χ0n) is 10.3. The van der Waals surface area contributed by atoms with Crippen LogP contribution in [0.15, 0.2) is 18.3 Å². The van der Waals surface area contributed by atoms with Gasteiger partial charge in [-0.25, -0.2) is 0 Å². The van der Waals surface area contributed by atoms with Gasteiger partial charge in [-0.2, -0.15) is 13.2 Å². The van der Waals surface area contributed by atoms with Crippen molar-refractivity contribution in [2.75, 3.05) is 11.9 Å². The molecule has 1 unspecified atom stereocenters. The van der Waals surface area contributed by atoms with Gasteiger partial charge in [0.15, 0.2) is 0 Å². The molecular formula is C12H17F3N2O. The average molecular weight is 262 g/mol. The quantitative estimate of drug-likeness (QED) is 0.857. The summed E-state index contributed by atoms with van der Waals surface area (Å²) in [6.07, 6.45) is -3.33. The number of nitrogens with one attached hydrogen (secondary N) is 1. The summed E-state index contributed by atoms with van der Waals surface area (Å²) < 4.78 is 37.2. The monoisotopic (exact) mass is 262 g/mol. The van der Waals surface area contributed by atoms with Crippen molar-refractivity contribution in [3.05, 3.63) is 24.0 Å². The number of aromatic nitrogens is 1. The molecule has 1 heterocycles. The molecule has 6 heteroatoms. The summed E-state index contributed by atoms with van der Waals surface area (Å²) in [5.74, 6) is 0.338. The summed E-state index contributed by atoms with van der Waals surface area (Å²) >= 11 is 0. The lowest BCUT2D eigenvalue weighted by Crippen LogP contribution is -2.21. The smallest absolute Gasteiger partial charge is 0.391 e. The van der Waals surface area contributed by atoms with Gasteiger partial charge < -0.3 is 10.4 Å². The molecule has 0 fully saturated rings. The number of pyridine rings is 1. The molecule has 102 valence electrons. The zero-order valence-corrected chi connectivity index (χ0v) is 10.3. The number of nitrogens with zero attached hydrogens (tertiary/aromatic N) is 1. The number of alkyl halides is 3. The second-order valence-corrected chi connectivity index (χ2v) is 4.59. The Morgan fingerprint density at radius 1 is 1.39 bits per heavy atom. The van der Waals surface area contributed by atoms with Gasteiger partial charge in [-0.15, -0.1) is 0 Å². The Bertz CT molecular complexity index is 380. The normalized spacial score (nSPS) is 13.7. The molecule has 0 amide bonds. The maximum absolute atomic E-state index is 12.4. The van der Waals surface area contributed by atoms with Crippen LogP contribution in [0.25, 0.3) is 0 Å². The largest absolute Gasteiger partial charge is 0.433 e. The highest BCUT2D eigenvalue weighted by molar-refractivity contribution is 5.43. The van der Waals surface area contributed by atoms with Crippen LogP contribution in [-0.4, -0.2) is 22.7 Å². The van der Waals surface area contributed by atoms with E-state index in [0.717, 1.165) is 12.3 Å². The van der Waals surface area contributed by atoms with Crippen LogP contribution in [-0.2, 0) is 6.18 Å². The Morgan fingerprint density at radius 3 is 2.61 bits per heavy atom. The minimum absolute atomic E-state index is 0.222. The number of aliphatic hydroxyl groups is 1. The number of aliphatic hydroxyl groups excluding tert-OH is 1. The van der Waals surface area contributed by atoms with Gasteiger partial charge in [0.1, 0.15) is 5.69 Å². The molecule has 0 aliphatic heterocycles. The highest BCUT2D eigenvalue weighted by Gasteiger charge is 2.32. The van der Waals surface area contributed by atoms with Crippen molar-refractivity contribution in [2.24, 2.45) is 5.92 Å². The topological polar surface area (TPSA) is 45.1 Å². The third-order valence-electron chi connectivity index (χ3n) is 2.34. The fourth-order valence-electron chi connectivity index (χ4n) is 1.56. The van der Waals surface area contributed by atoms with E-state index in [1.807, 2.05) is 13.8 Å². The lowest BCUT2D eigenvalue weighted by atomic mass is 10.1. The molecular weight excluding hydrogens is 245 g/mol. The van der Waals surface area contributed by atoms with Gasteiger partial charge in [-0.3, -0.25) is 4.98 Å². The molecule has 0 aromatic carbocycles. The molecule has 0 aliphatic carbocycles. The van der Waals surface area contributed by atoms with Crippen LogP contribution in [0.1, 0.15) is 26.0 Å². The highest BCUT2D eigenvalue weighted by Crippen LogP contribution is 2.28. The number of rotatable bonds is 5. The molecule has 1 atom stereocenters. The van der Waals surface area contributed by atoms with Crippen molar-refractivity contribution in [1.29, 1.82) is 0 Å². The van der Waals surface area contributed by atoms with Gasteiger partial charge in [-0.1, -0.05) is 13.8 Å². The first-order valence-corrected chi connectivity index (χ1v) is 5.74. The third kappa shape index (κ3) is 4.91. The van der Waals surface area contributed by atoms with Gasteiger partial charge in [0.2, 0.25) is 0 Å². The van der Waals surface area contributed by atoms with Crippen LogP contribution >= 0.6 is 0 Å². The van der Waals surface area contributed by atoms with Crippen molar-refractivity contribution in [3.63, 3.8) is 0 Å². The minimum atomic E-state index is -4.45. The predicted octanol–water partition coefficient (Wildman–Crippen LogP) is 2.92. The van der Waals surface area contributed by atoms with Gasteiger partial charge in [0.05, 0.1) is 6.10 Å². The SMILES string of the molecule is CC(C)CC(O)CNc1ccnc(C(F)(F)F)c1. The first-order chi connectivity index (χ1) is 8.29. The molecule has 0 saturated heterocycles. The molecule has 1 rings (SSSR count). The first kappa shape index (κ1) is 14.8. The van der Waals surface area contributed by atoms with E-state index in [4.69, 9.17) is 0 Å². The van der Waals surface area contributed by atoms with Crippen LogP contribution in [0.3, 0.4) is 0 Å². The molecule has 1 aromatic rings. The van der Waals surface area contributed by atoms with E-state index >= 15 is 0 Å². The molecule has 0 aliphatic rings. The average Bonchev–Trinajstić information content (AvgIpc) is 2.25. The Morgan fingerprint density at radius 2 is 2.06 bits per heavy atom. The second kappa shape index (κ2) is 6.04. The van der Waals surface area contributed by atoms with Gasteiger partial charge >= 0.3 is 6.18 Å². The van der Waals surface area contributed by atoms with Gasteiger partial charge in [0.25, 0.3) is 0 Å². The second-order valence-electron chi connectivity index (χ2n) is 4.59. The summed E-state index contributed by atoms with van der Waals surface area (Å²) in [6, 6.07) is 2.37. The van der Waals surface area contributed by atoms with Crippen molar-refractivity contribution < 1.29 is 18.3 Å². The zero-order chi connectivity index (χ0) is 13.8. The number of anilines is 1. The summed E-state index contributed by atoms with van der Waals surface area (Å²) in [5, 5.41) is 12.4. The first-order valence-electron chi connectivity index (χ1n) is 5.74. The lowest BCUT2D eigenvalue weighted by Gasteiger charge is -2.15. The maximum Gasteiger partial charge on any atom is 0.433 e. The fraction of sp³-hybridized carbons (Fsp3) is 0.583. The summed E-state index contributed by atoms with van der Waals surface area (Å²) in [6.45, 7) is 4.16. The van der Waals surface area contributed by atoms with Crippen molar-refractivity contribution in [1.82, 2.24) is 4.98 Å². The Balaban J connectivity index is 2.58. The van der Waals surface area contributed by atoms with E-state index in [9.17, 15) is 18.3 Å².